The smallest absolute Gasteiger partial charge is 0.165 e. The zero-order valence-corrected chi connectivity index (χ0v) is 23.0. The second-order valence-corrected chi connectivity index (χ2v) is 13.0. The monoisotopic (exact) mass is 553 g/mol. The molecule has 2 fully saturated rings. The predicted octanol–water partition coefficient (Wildman–Crippen LogP) is 4.52. The summed E-state index contributed by atoms with van der Waals surface area (Å²) in [6.07, 6.45) is 8.57. The van der Waals surface area contributed by atoms with Gasteiger partial charge < -0.3 is 20.7 Å². The van der Waals surface area contributed by atoms with E-state index in [0.717, 1.165) is 51.7 Å². The molecule has 0 bridgehead atoms. The first kappa shape index (κ1) is 28.0. The van der Waals surface area contributed by atoms with E-state index in [1.165, 1.54) is 12.3 Å². The molecule has 1 atom stereocenters. The zero-order chi connectivity index (χ0) is 26.4. The van der Waals surface area contributed by atoms with Crippen molar-refractivity contribution in [1.82, 2.24) is 15.3 Å². The lowest BCUT2D eigenvalue weighted by molar-refractivity contribution is 0.0699. The quantitative estimate of drug-likeness (QED) is 0.394. The van der Waals surface area contributed by atoms with Gasteiger partial charge in [-0.2, -0.15) is 0 Å². The first-order chi connectivity index (χ1) is 17.7. The van der Waals surface area contributed by atoms with Gasteiger partial charge in [-0.05, 0) is 69.6 Å². The van der Waals surface area contributed by atoms with E-state index in [1.54, 1.807) is 12.3 Å². The van der Waals surface area contributed by atoms with E-state index < -0.39 is 15.7 Å². The third-order valence-corrected chi connectivity index (χ3v) is 8.44. The summed E-state index contributed by atoms with van der Waals surface area (Å²) in [4.78, 5) is 8.98. The van der Waals surface area contributed by atoms with Gasteiger partial charge in [-0.1, -0.05) is 11.6 Å². The molecule has 37 heavy (non-hydrogen) atoms. The minimum absolute atomic E-state index is 0.0655. The van der Waals surface area contributed by atoms with Crippen molar-refractivity contribution in [2.45, 2.75) is 63.6 Å². The van der Waals surface area contributed by atoms with Crippen LogP contribution >= 0.6 is 11.6 Å². The Balaban J connectivity index is 1.36. The van der Waals surface area contributed by atoms with Crippen LogP contribution in [-0.2, 0) is 14.6 Å². The lowest BCUT2D eigenvalue weighted by Gasteiger charge is -2.32. The molecule has 2 aromatic rings. The molecule has 0 unspecified atom stereocenters. The molecule has 2 aliphatic rings. The van der Waals surface area contributed by atoms with Crippen LogP contribution in [0.4, 0.5) is 16.0 Å². The normalized spacial score (nSPS) is 21.9. The Morgan fingerprint density at radius 2 is 1.84 bits per heavy atom. The molecule has 8 nitrogen and oxygen atoms in total. The number of nitrogens with one attached hydrogen (secondary N) is 3. The highest BCUT2D eigenvalue weighted by Gasteiger charge is 2.24. The highest BCUT2D eigenvalue weighted by Crippen LogP contribution is 2.31. The highest BCUT2D eigenvalue weighted by atomic mass is 35.5. The van der Waals surface area contributed by atoms with Gasteiger partial charge in [0.15, 0.2) is 11.6 Å². The van der Waals surface area contributed by atoms with Gasteiger partial charge in [0.25, 0.3) is 0 Å². The maximum atomic E-state index is 14.5. The van der Waals surface area contributed by atoms with Gasteiger partial charge in [0.1, 0.15) is 15.7 Å². The first-order valence-corrected chi connectivity index (χ1v) is 15.4. The van der Waals surface area contributed by atoms with Crippen molar-refractivity contribution in [3.63, 3.8) is 0 Å². The Hall–Kier alpha value is -2.01. The van der Waals surface area contributed by atoms with Crippen LogP contribution in [0.3, 0.4) is 0 Å². The lowest BCUT2D eigenvalue weighted by Crippen LogP contribution is -2.43. The zero-order valence-electron chi connectivity index (χ0n) is 21.5. The second kappa shape index (κ2) is 12.7. The standard InChI is InChI=1S/C26H37ClFN5O3S/c1-17(16-37(2,34)35)31-19-3-5-20(6-4-19)32-25-13-21(22(27)15-29-25)24-8-7-23(28)26(33-24)30-14-18-9-11-36-12-10-18/h7-8,13,15,17-20,31H,3-6,9-12,14,16H2,1-2H3,(H,29,32)(H,30,33)/t17-,19-,20-/m1/s1. The number of ether oxygens (including phenoxy) is 1. The Labute approximate surface area is 224 Å². The number of hydrogen-bond acceptors (Lipinski definition) is 8. The van der Waals surface area contributed by atoms with E-state index in [-0.39, 0.29) is 23.7 Å². The summed E-state index contributed by atoms with van der Waals surface area (Å²) in [6.45, 7) is 4.05. The summed E-state index contributed by atoms with van der Waals surface area (Å²) in [6, 6.07) is 5.40. The molecule has 3 heterocycles. The van der Waals surface area contributed by atoms with Gasteiger partial charge in [-0.3, -0.25) is 0 Å². The highest BCUT2D eigenvalue weighted by molar-refractivity contribution is 7.90. The maximum Gasteiger partial charge on any atom is 0.165 e. The molecule has 4 rings (SSSR count). The summed E-state index contributed by atoms with van der Waals surface area (Å²) >= 11 is 6.47. The molecule has 2 aromatic heterocycles. The molecule has 0 radical (unpaired) electrons. The number of anilines is 2. The van der Waals surface area contributed by atoms with E-state index in [0.29, 0.717) is 40.6 Å². The van der Waals surface area contributed by atoms with Crippen LogP contribution in [0, 0.1) is 11.7 Å². The Bertz CT molecular complexity index is 1150. The fraction of sp³-hybridized carbons (Fsp3) is 0.615. The molecule has 3 N–H and O–H groups in total. The van der Waals surface area contributed by atoms with Gasteiger partial charge in [-0.15, -0.1) is 0 Å². The van der Waals surface area contributed by atoms with Gasteiger partial charge >= 0.3 is 0 Å². The first-order valence-electron chi connectivity index (χ1n) is 13.0. The summed E-state index contributed by atoms with van der Waals surface area (Å²) in [7, 11) is -3.00. The molecule has 204 valence electrons. The number of halogens is 2. The van der Waals surface area contributed by atoms with Gasteiger partial charge in [0.05, 0.1) is 16.5 Å². The Kier molecular flexibility index (Phi) is 9.61. The molecule has 1 saturated carbocycles. The van der Waals surface area contributed by atoms with E-state index in [4.69, 9.17) is 16.3 Å². The molecule has 11 heteroatoms. The molecular weight excluding hydrogens is 517 g/mol. The Morgan fingerprint density at radius 3 is 2.54 bits per heavy atom. The fourth-order valence-electron chi connectivity index (χ4n) is 5.14. The molecule has 0 spiro atoms. The van der Waals surface area contributed by atoms with Crippen LogP contribution in [0.5, 0.6) is 0 Å². The SMILES string of the molecule is C[C@H](CS(C)(=O)=O)N[C@H]1CC[C@H](Nc2cc(-c3ccc(F)c(NCC4CCOCC4)n3)c(Cl)cn2)CC1. The minimum Gasteiger partial charge on any atom is -0.381 e. The average Bonchev–Trinajstić information content (AvgIpc) is 2.85. The molecule has 0 amide bonds. The van der Waals surface area contributed by atoms with E-state index in [9.17, 15) is 12.8 Å². The molecule has 1 saturated heterocycles. The third-order valence-electron chi connectivity index (χ3n) is 7.03. The van der Waals surface area contributed by atoms with Gasteiger partial charge in [0, 0.05) is 55.9 Å². The van der Waals surface area contributed by atoms with Crippen molar-refractivity contribution in [3.8, 4) is 11.3 Å². The van der Waals surface area contributed by atoms with E-state index in [2.05, 4.69) is 25.9 Å². The number of sulfone groups is 1. The van der Waals surface area contributed by atoms with Gasteiger partial charge in [0.2, 0.25) is 0 Å². The molecular formula is C26H37ClFN5O3S. The van der Waals surface area contributed by atoms with Crippen LogP contribution in [0.15, 0.2) is 24.4 Å². The summed E-state index contributed by atoms with van der Waals surface area (Å²) in [5, 5.41) is 10.6. The summed E-state index contributed by atoms with van der Waals surface area (Å²) in [5.74, 6) is 1.11. The maximum absolute atomic E-state index is 14.5. The third kappa shape index (κ3) is 8.49. The van der Waals surface area contributed by atoms with Crippen molar-refractivity contribution < 1.29 is 17.5 Å². The number of pyridine rings is 2. The van der Waals surface area contributed by atoms with Crippen molar-refractivity contribution >= 4 is 33.1 Å². The number of aromatic nitrogens is 2. The van der Waals surface area contributed by atoms with Crippen LogP contribution < -0.4 is 16.0 Å². The van der Waals surface area contributed by atoms with Crippen molar-refractivity contribution in [3.05, 3.63) is 35.2 Å². The Morgan fingerprint density at radius 1 is 1.14 bits per heavy atom. The van der Waals surface area contributed by atoms with Crippen molar-refractivity contribution in [1.29, 1.82) is 0 Å². The molecule has 0 aromatic carbocycles. The summed E-state index contributed by atoms with van der Waals surface area (Å²) < 4.78 is 42.9. The molecule has 1 aliphatic heterocycles. The van der Waals surface area contributed by atoms with Gasteiger partial charge in [-0.25, -0.2) is 22.8 Å². The predicted molar refractivity (Wildman–Crippen MR) is 146 cm³/mol. The van der Waals surface area contributed by atoms with Crippen LogP contribution in [-0.4, -0.2) is 68.3 Å². The second-order valence-electron chi connectivity index (χ2n) is 10.4. The van der Waals surface area contributed by atoms with Crippen molar-refractivity contribution in [2.75, 3.05) is 42.4 Å². The number of rotatable bonds is 10. The topological polar surface area (TPSA) is 105 Å². The van der Waals surface area contributed by atoms with E-state index in [1.807, 2.05) is 13.0 Å². The number of nitrogens with zero attached hydrogens (tertiary/aromatic N) is 2. The van der Waals surface area contributed by atoms with E-state index >= 15 is 0 Å². The van der Waals surface area contributed by atoms with Crippen LogP contribution in [0.2, 0.25) is 5.02 Å². The largest absolute Gasteiger partial charge is 0.381 e. The lowest BCUT2D eigenvalue weighted by atomic mass is 9.90. The fourth-order valence-corrected chi connectivity index (χ4v) is 6.34. The minimum atomic E-state index is -3.00. The van der Waals surface area contributed by atoms with Crippen molar-refractivity contribution in [2.24, 2.45) is 5.92 Å². The average molecular weight is 554 g/mol. The molecule has 1 aliphatic carbocycles. The van der Waals surface area contributed by atoms with Crippen LogP contribution in [0.1, 0.15) is 45.4 Å². The summed E-state index contributed by atoms with van der Waals surface area (Å²) in [5.41, 5.74) is 1.28. The number of hydrogen-bond donors (Lipinski definition) is 3. The van der Waals surface area contributed by atoms with Crippen LogP contribution in [0.25, 0.3) is 11.3 Å².